The van der Waals surface area contributed by atoms with Gasteiger partial charge in [-0.25, -0.2) is 4.98 Å². The van der Waals surface area contributed by atoms with Crippen LogP contribution in [-0.2, 0) is 13.0 Å². The number of rotatable bonds is 15. The summed E-state index contributed by atoms with van der Waals surface area (Å²) in [6, 6.07) is 22.4. The lowest BCUT2D eigenvalue weighted by atomic mass is 10.1. The van der Waals surface area contributed by atoms with E-state index in [-0.39, 0.29) is 0 Å². The monoisotopic (exact) mass is 548 g/mol. The van der Waals surface area contributed by atoms with Crippen molar-refractivity contribution in [3.63, 3.8) is 0 Å². The van der Waals surface area contributed by atoms with Gasteiger partial charge in [0.1, 0.15) is 23.9 Å². The molecule has 1 heterocycles. The van der Waals surface area contributed by atoms with E-state index < -0.39 is 0 Å². The number of hydrogen-bond donors (Lipinski definition) is 0. The smallest absolute Gasteiger partial charge is 0.141 e. The van der Waals surface area contributed by atoms with Gasteiger partial charge >= 0.3 is 0 Å². The van der Waals surface area contributed by atoms with Crippen molar-refractivity contribution in [2.24, 2.45) is 0 Å². The summed E-state index contributed by atoms with van der Waals surface area (Å²) in [5.74, 6) is 2.70. The van der Waals surface area contributed by atoms with Crippen LogP contribution in [0.2, 0.25) is 5.02 Å². The van der Waals surface area contributed by atoms with Crippen molar-refractivity contribution in [1.82, 2.24) is 19.4 Å². The lowest BCUT2D eigenvalue weighted by molar-refractivity contribution is 0.223. The largest absolute Gasteiger partial charge is 0.493 e. The van der Waals surface area contributed by atoms with Crippen LogP contribution in [0.5, 0.6) is 11.5 Å². The van der Waals surface area contributed by atoms with E-state index in [9.17, 15) is 0 Å². The first-order chi connectivity index (χ1) is 19.0. The topological polar surface area (TPSA) is 42.8 Å². The first kappa shape index (κ1) is 28.9. The maximum atomic E-state index is 6.14. The molecule has 0 fully saturated rings. The molecule has 0 aliphatic carbocycles. The Balaban J connectivity index is 1.50. The van der Waals surface area contributed by atoms with Crippen molar-refractivity contribution in [2.75, 3.05) is 53.5 Å². The number of halogens is 1. The average molecular weight is 549 g/mol. The van der Waals surface area contributed by atoms with Gasteiger partial charge in [0, 0.05) is 36.2 Å². The summed E-state index contributed by atoms with van der Waals surface area (Å²) >= 11 is 6.10. The van der Waals surface area contributed by atoms with Crippen LogP contribution in [0, 0.1) is 0 Å². The zero-order valence-corrected chi connectivity index (χ0v) is 24.5. The number of imidazole rings is 1. The maximum Gasteiger partial charge on any atom is 0.141 e. The lowest BCUT2D eigenvalue weighted by Gasteiger charge is -2.18. The minimum Gasteiger partial charge on any atom is -0.493 e. The SMILES string of the molecule is CCN(CC)CCOc1ccc2nc(-c3ccc(OCCc4cccc(Cl)c4)cc3)n(CCCN(C)C)c2c1. The molecule has 0 N–H and O–H groups in total. The normalized spacial score (nSPS) is 11.6. The molecule has 0 bridgehead atoms. The van der Waals surface area contributed by atoms with E-state index in [1.807, 2.05) is 36.4 Å². The minimum atomic E-state index is 0.597. The number of likely N-dealkylation sites (N-methyl/N-ethyl adjacent to an activating group) is 1. The lowest BCUT2D eigenvalue weighted by Crippen LogP contribution is -2.27. The fourth-order valence-electron chi connectivity index (χ4n) is 4.70. The molecule has 0 saturated heterocycles. The Morgan fingerprint density at radius 3 is 2.31 bits per heavy atom. The molecule has 4 rings (SSSR count). The second-order valence-corrected chi connectivity index (χ2v) is 10.5. The summed E-state index contributed by atoms with van der Waals surface area (Å²) in [6.07, 6.45) is 1.84. The van der Waals surface area contributed by atoms with Crippen molar-refractivity contribution < 1.29 is 9.47 Å². The molecule has 1 aromatic heterocycles. The first-order valence-electron chi connectivity index (χ1n) is 13.9. The molecule has 6 nitrogen and oxygen atoms in total. The van der Waals surface area contributed by atoms with Crippen LogP contribution in [0.1, 0.15) is 25.8 Å². The van der Waals surface area contributed by atoms with Gasteiger partial charge in [-0.15, -0.1) is 0 Å². The van der Waals surface area contributed by atoms with Gasteiger partial charge in [0.2, 0.25) is 0 Å². The molecular formula is C32H41ClN4O2. The number of aryl methyl sites for hydroxylation is 1. The van der Waals surface area contributed by atoms with Gasteiger partial charge in [0.05, 0.1) is 17.6 Å². The molecule has 0 radical (unpaired) electrons. The van der Waals surface area contributed by atoms with Crippen LogP contribution in [-0.4, -0.2) is 72.8 Å². The van der Waals surface area contributed by atoms with E-state index >= 15 is 0 Å². The Kier molecular flexibility index (Phi) is 10.7. The summed E-state index contributed by atoms with van der Waals surface area (Å²) in [4.78, 5) is 9.62. The highest BCUT2D eigenvalue weighted by molar-refractivity contribution is 6.30. The molecule has 4 aromatic rings. The highest BCUT2D eigenvalue weighted by Crippen LogP contribution is 2.29. The zero-order valence-electron chi connectivity index (χ0n) is 23.7. The number of fused-ring (bicyclic) bond motifs is 1. The summed E-state index contributed by atoms with van der Waals surface area (Å²) in [7, 11) is 4.22. The quantitative estimate of drug-likeness (QED) is 0.166. The van der Waals surface area contributed by atoms with Gasteiger partial charge in [-0.2, -0.15) is 0 Å². The first-order valence-corrected chi connectivity index (χ1v) is 14.3. The van der Waals surface area contributed by atoms with Crippen molar-refractivity contribution in [3.05, 3.63) is 77.3 Å². The second kappa shape index (κ2) is 14.4. The number of nitrogens with zero attached hydrogens (tertiary/aromatic N) is 4. The molecule has 0 aliphatic rings. The Labute approximate surface area is 238 Å². The van der Waals surface area contributed by atoms with E-state index in [2.05, 4.69) is 72.6 Å². The number of hydrogen-bond acceptors (Lipinski definition) is 5. The van der Waals surface area contributed by atoms with Crippen LogP contribution < -0.4 is 9.47 Å². The Morgan fingerprint density at radius 2 is 1.59 bits per heavy atom. The molecule has 0 spiro atoms. The third-order valence-corrected chi connectivity index (χ3v) is 7.17. The highest BCUT2D eigenvalue weighted by atomic mass is 35.5. The molecule has 0 saturated carbocycles. The molecule has 0 aliphatic heterocycles. The number of aromatic nitrogens is 2. The van der Waals surface area contributed by atoms with Crippen LogP contribution in [0.4, 0.5) is 0 Å². The minimum absolute atomic E-state index is 0.597. The van der Waals surface area contributed by atoms with Gasteiger partial charge in [-0.3, -0.25) is 0 Å². The average Bonchev–Trinajstić information content (AvgIpc) is 3.29. The second-order valence-electron chi connectivity index (χ2n) is 10.0. The van der Waals surface area contributed by atoms with Crippen LogP contribution in [0.15, 0.2) is 66.7 Å². The molecule has 39 heavy (non-hydrogen) atoms. The molecule has 208 valence electrons. The zero-order chi connectivity index (χ0) is 27.6. The predicted octanol–water partition coefficient (Wildman–Crippen LogP) is 6.65. The number of ether oxygens (including phenoxy) is 2. The Hall–Kier alpha value is -3.06. The van der Waals surface area contributed by atoms with E-state index in [0.29, 0.717) is 13.2 Å². The number of benzene rings is 3. The third-order valence-electron chi connectivity index (χ3n) is 6.94. The van der Waals surface area contributed by atoms with E-state index in [1.54, 1.807) is 0 Å². The summed E-state index contributed by atoms with van der Waals surface area (Å²) < 4.78 is 14.5. The molecular weight excluding hydrogens is 508 g/mol. The van der Waals surface area contributed by atoms with E-state index in [1.165, 1.54) is 5.56 Å². The third kappa shape index (κ3) is 8.21. The van der Waals surface area contributed by atoms with Gasteiger partial charge in [0.25, 0.3) is 0 Å². The fraction of sp³-hybridized carbons (Fsp3) is 0.406. The summed E-state index contributed by atoms with van der Waals surface area (Å²) in [6.45, 7) is 10.5. The van der Waals surface area contributed by atoms with E-state index in [0.717, 1.165) is 84.5 Å². The molecule has 0 unspecified atom stereocenters. The molecule has 3 aromatic carbocycles. The van der Waals surface area contributed by atoms with Gasteiger partial charge < -0.3 is 23.8 Å². The molecule has 0 amide bonds. The van der Waals surface area contributed by atoms with Gasteiger partial charge in [-0.05, 0) is 94.2 Å². The summed E-state index contributed by atoms with van der Waals surface area (Å²) in [5.41, 5.74) is 4.32. The standard InChI is InChI=1S/C32H41ClN4O2/c1-5-36(6-2)20-22-39-29-15-16-30-31(24-29)37(19-8-18-35(3)4)32(34-30)26-11-13-28(14-12-26)38-21-17-25-9-7-10-27(33)23-25/h7,9-16,23-24H,5-6,8,17-22H2,1-4H3. The fourth-order valence-corrected chi connectivity index (χ4v) is 4.91. The molecule has 0 atom stereocenters. The maximum absolute atomic E-state index is 6.14. The van der Waals surface area contributed by atoms with Crippen LogP contribution in [0.3, 0.4) is 0 Å². The van der Waals surface area contributed by atoms with Gasteiger partial charge in [0.15, 0.2) is 0 Å². The predicted molar refractivity (Wildman–Crippen MR) is 162 cm³/mol. The Bertz CT molecular complexity index is 1320. The van der Waals surface area contributed by atoms with Crippen molar-refractivity contribution in [2.45, 2.75) is 33.2 Å². The van der Waals surface area contributed by atoms with Gasteiger partial charge in [-0.1, -0.05) is 37.6 Å². The van der Waals surface area contributed by atoms with Crippen LogP contribution in [0.25, 0.3) is 22.4 Å². The highest BCUT2D eigenvalue weighted by Gasteiger charge is 2.14. The Morgan fingerprint density at radius 1 is 0.846 bits per heavy atom. The summed E-state index contributed by atoms with van der Waals surface area (Å²) in [5, 5.41) is 0.753. The van der Waals surface area contributed by atoms with Crippen molar-refractivity contribution in [3.8, 4) is 22.9 Å². The van der Waals surface area contributed by atoms with Crippen molar-refractivity contribution in [1.29, 1.82) is 0 Å². The van der Waals surface area contributed by atoms with E-state index in [4.69, 9.17) is 26.1 Å². The molecule has 7 heteroatoms. The van der Waals surface area contributed by atoms with Crippen molar-refractivity contribution >= 4 is 22.6 Å². The van der Waals surface area contributed by atoms with Crippen LogP contribution >= 0.6 is 11.6 Å².